The van der Waals surface area contributed by atoms with Crippen LogP contribution in [0.1, 0.15) is 12.0 Å². The fourth-order valence-electron chi connectivity index (χ4n) is 2.54. The van der Waals surface area contributed by atoms with Gasteiger partial charge >= 0.3 is 0 Å². The molecule has 23 heavy (non-hydrogen) atoms. The molecule has 1 aromatic heterocycles. The Hall–Kier alpha value is -1.31. The molecule has 2 N–H and O–H groups in total. The molecule has 0 aliphatic carbocycles. The smallest absolute Gasteiger partial charge is 0.227 e. The second kappa shape index (κ2) is 7.99. The van der Waals surface area contributed by atoms with Crippen LogP contribution in [0.2, 0.25) is 0 Å². The van der Waals surface area contributed by atoms with Crippen LogP contribution < -0.4 is 10.6 Å². The van der Waals surface area contributed by atoms with Crippen molar-refractivity contribution in [3.05, 3.63) is 46.6 Å². The minimum Gasteiger partial charge on any atom is -0.312 e. The van der Waals surface area contributed by atoms with E-state index < -0.39 is 0 Å². The van der Waals surface area contributed by atoms with E-state index in [2.05, 4.69) is 37.7 Å². The zero-order chi connectivity index (χ0) is 16.1. The average molecular weight is 395 g/mol. The van der Waals surface area contributed by atoms with Crippen LogP contribution in [0.25, 0.3) is 0 Å². The normalized spacial score (nSPS) is 17.9. The first kappa shape index (κ1) is 16.5. The largest absolute Gasteiger partial charge is 0.312 e. The molecule has 1 unspecified atom stereocenters. The van der Waals surface area contributed by atoms with Gasteiger partial charge in [-0.15, -0.1) is 0 Å². The van der Waals surface area contributed by atoms with Crippen LogP contribution in [0.5, 0.6) is 0 Å². The molecule has 0 bridgehead atoms. The van der Waals surface area contributed by atoms with E-state index in [1.54, 1.807) is 6.20 Å². The molecule has 2 aromatic rings. The number of halogens is 1. The first-order valence-corrected chi connectivity index (χ1v) is 9.53. The van der Waals surface area contributed by atoms with Crippen molar-refractivity contribution in [3.8, 4) is 0 Å². The zero-order valence-electron chi connectivity index (χ0n) is 12.7. The van der Waals surface area contributed by atoms with Crippen LogP contribution in [0.15, 0.2) is 41.0 Å². The molecule has 1 saturated heterocycles. The highest BCUT2D eigenvalue weighted by atomic mass is 79.9. The van der Waals surface area contributed by atoms with Gasteiger partial charge in [0.2, 0.25) is 5.91 Å². The lowest BCUT2D eigenvalue weighted by Crippen LogP contribution is -2.40. The van der Waals surface area contributed by atoms with E-state index in [0.29, 0.717) is 13.0 Å². The number of carbonyl (C=O) groups is 1. The molecule has 1 aromatic carbocycles. The summed E-state index contributed by atoms with van der Waals surface area (Å²) in [5.74, 6) is 2.88. The second-order valence-corrected chi connectivity index (χ2v) is 7.55. The van der Waals surface area contributed by atoms with Crippen molar-refractivity contribution < 1.29 is 4.79 Å². The van der Waals surface area contributed by atoms with Crippen molar-refractivity contribution in [2.75, 3.05) is 23.4 Å². The summed E-state index contributed by atoms with van der Waals surface area (Å²) in [5, 5.41) is 10.7. The average Bonchev–Trinajstić information content (AvgIpc) is 2.95. The fourth-order valence-corrected chi connectivity index (χ4v) is 3.94. The highest BCUT2D eigenvalue weighted by molar-refractivity contribution is 9.10. The minimum atomic E-state index is 0.0287. The van der Waals surface area contributed by atoms with Crippen LogP contribution in [0, 0.1) is 0 Å². The molecule has 0 saturated carbocycles. The molecule has 5 nitrogen and oxygen atoms in total. The van der Waals surface area contributed by atoms with Gasteiger partial charge in [0.15, 0.2) is 0 Å². The maximum absolute atomic E-state index is 12.2. The van der Waals surface area contributed by atoms with E-state index in [4.69, 9.17) is 0 Å². The number of thioether (sulfide) groups is 1. The van der Waals surface area contributed by atoms with Gasteiger partial charge in [0.25, 0.3) is 0 Å². The summed E-state index contributed by atoms with van der Waals surface area (Å²) in [7, 11) is 0. The fraction of sp³-hybridized carbons (Fsp3) is 0.375. The van der Waals surface area contributed by atoms with Crippen molar-refractivity contribution >= 4 is 39.4 Å². The Bertz CT molecular complexity index is 670. The summed E-state index contributed by atoms with van der Waals surface area (Å²) < 4.78 is 2.84. The van der Waals surface area contributed by atoms with Gasteiger partial charge in [-0.05, 0) is 17.7 Å². The molecular weight excluding hydrogens is 376 g/mol. The van der Waals surface area contributed by atoms with Crippen molar-refractivity contribution in [1.82, 2.24) is 15.1 Å². The zero-order valence-corrected chi connectivity index (χ0v) is 15.1. The van der Waals surface area contributed by atoms with Gasteiger partial charge in [-0.25, -0.2) is 4.68 Å². The number of hydrogen-bond acceptors (Lipinski definition) is 4. The molecule has 7 heteroatoms. The minimum absolute atomic E-state index is 0.0287. The second-order valence-electron chi connectivity index (χ2n) is 5.48. The molecule has 1 amide bonds. The molecule has 122 valence electrons. The number of aromatic nitrogens is 2. The first-order chi connectivity index (χ1) is 11.2. The number of hydrogen-bond donors (Lipinski definition) is 2. The Morgan fingerprint density at radius 1 is 1.48 bits per heavy atom. The molecule has 2 heterocycles. The molecule has 1 fully saturated rings. The third-order valence-corrected chi connectivity index (χ3v) is 5.26. The number of rotatable bonds is 5. The number of benzene rings is 1. The van der Waals surface area contributed by atoms with Crippen molar-refractivity contribution in [3.63, 3.8) is 0 Å². The number of nitrogens with zero attached hydrogens (tertiary/aromatic N) is 2. The topological polar surface area (TPSA) is 59.0 Å². The van der Waals surface area contributed by atoms with E-state index in [1.807, 2.05) is 40.7 Å². The highest BCUT2D eigenvalue weighted by Gasteiger charge is 2.17. The Morgan fingerprint density at radius 2 is 2.39 bits per heavy atom. The van der Waals surface area contributed by atoms with Gasteiger partial charge in [-0.1, -0.05) is 28.1 Å². The van der Waals surface area contributed by atoms with Gasteiger partial charge in [-0.3, -0.25) is 4.79 Å². The van der Waals surface area contributed by atoms with Crippen molar-refractivity contribution in [2.45, 2.75) is 19.0 Å². The number of anilines is 1. The predicted octanol–water partition coefficient (Wildman–Crippen LogP) is 2.73. The quantitative estimate of drug-likeness (QED) is 0.818. The van der Waals surface area contributed by atoms with Gasteiger partial charge in [-0.2, -0.15) is 16.9 Å². The molecular formula is C16H19BrN4OS. The lowest BCUT2D eigenvalue weighted by atomic mass is 10.2. The predicted molar refractivity (Wildman–Crippen MR) is 97.8 cm³/mol. The van der Waals surface area contributed by atoms with Gasteiger partial charge in [0.05, 0.1) is 12.7 Å². The highest BCUT2D eigenvalue weighted by Crippen LogP contribution is 2.16. The Labute approximate surface area is 148 Å². The number of carbonyl (C=O) groups excluding carboxylic acids is 1. The summed E-state index contributed by atoms with van der Waals surface area (Å²) >= 11 is 5.37. The van der Waals surface area contributed by atoms with Gasteiger partial charge < -0.3 is 10.6 Å². The summed E-state index contributed by atoms with van der Waals surface area (Å²) in [4.78, 5) is 12.2. The standard InChI is InChI=1S/C16H19BrN4OS/c17-13-3-1-2-12(8-13)10-21-15(4-5-19-21)20-16(22)9-14-11-23-7-6-18-14/h1-5,8,14,18H,6-7,9-11H2,(H,20,22). The summed E-state index contributed by atoms with van der Waals surface area (Å²) in [6.07, 6.45) is 2.21. The van der Waals surface area contributed by atoms with Crippen LogP contribution in [0.3, 0.4) is 0 Å². The summed E-state index contributed by atoms with van der Waals surface area (Å²) in [6, 6.07) is 10.2. The van der Waals surface area contributed by atoms with Crippen LogP contribution in [-0.2, 0) is 11.3 Å². The maximum atomic E-state index is 12.2. The third kappa shape index (κ3) is 4.83. The van der Waals surface area contributed by atoms with E-state index >= 15 is 0 Å². The number of amides is 1. The summed E-state index contributed by atoms with van der Waals surface area (Å²) in [5.41, 5.74) is 1.13. The Balaban J connectivity index is 1.60. The van der Waals surface area contributed by atoms with E-state index in [1.165, 1.54) is 0 Å². The van der Waals surface area contributed by atoms with Crippen molar-refractivity contribution in [2.24, 2.45) is 0 Å². The van der Waals surface area contributed by atoms with E-state index in [9.17, 15) is 4.79 Å². The maximum Gasteiger partial charge on any atom is 0.227 e. The number of nitrogens with one attached hydrogen (secondary N) is 2. The first-order valence-electron chi connectivity index (χ1n) is 7.58. The van der Waals surface area contributed by atoms with Crippen molar-refractivity contribution in [1.29, 1.82) is 0 Å². The molecule has 0 radical (unpaired) electrons. The van der Waals surface area contributed by atoms with Crippen LogP contribution in [0.4, 0.5) is 5.82 Å². The summed E-state index contributed by atoms with van der Waals surface area (Å²) in [6.45, 7) is 1.60. The Morgan fingerprint density at radius 3 is 3.17 bits per heavy atom. The van der Waals surface area contributed by atoms with Crippen LogP contribution >= 0.6 is 27.7 Å². The molecule has 0 spiro atoms. The molecule has 1 atom stereocenters. The van der Waals surface area contributed by atoms with Crippen LogP contribution in [-0.4, -0.2) is 39.8 Å². The SMILES string of the molecule is O=C(CC1CSCCN1)Nc1ccnn1Cc1cccc(Br)c1. The molecule has 3 rings (SSSR count). The van der Waals surface area contributed by atoms with E-state index in [0.717, 1.165) is 33.9 Å². The lowest BCUT2D eigenvalue weighted by Gasteiger charge is -2.22. The Kier molecular flexibility index (Phi) is 5.75. The third-order valence-electron chi connectivity index (χ3n) is 3.64. The van der Waals surface area contributed by atoms with Gasteiger partial charge in [0.1, 0.15) is 5.82 Å². The monoisotopic (exact) mass is 394 g/mol. The van der Waals surface area contributed by atoms with Gasteiger partial charge in [0, 0.05) is 41.1 Å². The van der Waals surface area contributed by atoms with E-state index in [-0.39, 0.29) is 11.9 Å². The molecule has 1 aliphatic rings. The lowest BCUT2D eigenvalue weighted by molar-refractivity contribution is -0.116. The molecule has 1 aliphatic heterocycles.